The van der Waals surface area contributed by atoms with Crippen LogP contribution in [0.25, 0.3) is 0 Å². The number of nitrogen functional groups attached to an aromatic ring is 1. The Kier molecular flexibility index (Phi) is 6.20. The number of nitrogens with zero attached hydrogens (tertiary/aromatic N) is 2. The average molecular weight is 280 g/mol. The van der Waals surface area contributed by atoms with Gasteiger partial charge in [-0.3, -0.25) is 0 Å². The van der Waals surface area contributed by atoms with Gasteiger partial charge in [0, 0.05) is 5.41 Å². The highest BCUT2D eigenvalue weighted by Crippen LogP contribution is 2.27. The maximum Gasteiger partial charge on any atom is 0.221 e. The molecule has 0 amide bonds. The molecule has 1 aromatic rings. The van der Waals surface area contributed by atoms with Crippen molar-refractivity contribution in [2.75, 3.05) is 12.0 Å². The van der Waals surface area contributed by atoms with Gasteiger partial charge in [0.05, 0.1) is 12.2 Å². The van der Waals surface area contributed by atoms with E-state index in [1.165, 1.54) is 19.3 Å². The number of unbranched alkanes of at least 4 members (excludes halogenated alkanes) is 3. The first-order valence-electron chi connectivity index (χ1n) is 7.38. The van der Waals surface area contributed by atoms with Crippen LogP contribution in [0.2, 0.25) is 0 Å². The smallest absolute Gasteiger partial charge is 0.221 e. The Morgan fingerprint density at radius 1 is 1.15 bits per heavy atom. The van der Waals surface area contributed by atoms with Gasteiger partial charge < -0.3 is 10.2 Å². The summed E-state index contributed by atoms with van der Waals surface area (Å²) in [6.45, 7) is 11.0. The van der Waals surface area contributed by atoms with E-state index in [-0.39, 0.29) is 5.41 Å². The molecule has 0 aromatic carbocycles. The predicted molar refractivity (Wildman–Crippen MR) is 82.9 cm³/mol. The first-order chi connectivity index (χ1) is 9.40. The second kappa shape index (κ2) is 7.43. The molecule has 0 saturated heterocycles. The van der Waals surface area contributed by atoms with Crippen molar-refractivity contribution in [2.45, 2.75) is 65.7 Å². The van der Waals surface area contributed by atoms with Gasteiger partial charge in [0.2, 0.25) is 5.88 Å². The number of hydrogen-bond acceptors (Lipinski definition) is 5. The fourth-order valence-corrected chi connectivity index (χ4v) is 1.81. The summed E-state index contributed by atoms with van der Waals surface area (Å²) in [4.78, 5) is 8.99. The summed E-state index contributed by atoms with van der Waals surface area (Å²) >= 11 is 0. The fourth-order valence-electron chi connectivity index (χ4n) is 1.81. The van der Waals surface area contributed by atoms with E-state index in [1.54, 1.807) is 0 Å². The van der Waals surface area contributed by atoms with Crippen molar-refractivity contribution in [1.29, 1.82) is 0 Å². The van der Waals surface area contributed by atoms with Crippen LogP contribution in [0.5, 0.6) is 5.88 Å². The van der Waals surface area contributed by atoms with E-state index in [9.17, 15) is 0 Å². The van der Waals surface area contributed by atoms with Crippen LogP contribution in [0, 0.1) is 6.92 Å². The van der Waals surface area contributed by atoms with E-state index in [0.717, 1.165) is 17.8 Å². The van der Waals surface area contributed by atoms with Gasteiger partial charge in [0.1, 0.15) is 5.82 Å². The van der Waals surface area contributed by atoms with Crippen LogP contribution in [0.1, 0.15) is 64.8 Å². The Bertz CT molecular complexity index is 427. The molecule has 0 radical (unpaired) electrons. The minimum atomic E-state index is -0.139. The summed E-state index contributed by atoms with van der Waals surface area (Å²) in [5, 5.41) is 0. The van der Waals surface area contributed by atoms with Crippen molar-refractivity contribution < 1.29 is 4.74 Å². The average Bonchev–Trinajstić information content (AvgIpc) is 2.39. The zero-order chi connectivity index (χ0) is 15.2. The molecule has 0 aliphatic rings. The number of nitrogens with two attached hydrogens (primary N) is 1. The maximum atomic E-state index is 5.82. The highest BCUT2D eigenvalue weighted by atomic mass is 16.5. The second-order valence-electron chi connectivity index (χ2n) is 6.13. The van der Waals surface area contributed by atoms with Gasteiger partial charge in [0.15, 0.2) is 5.82 Å². The van der Waals surface area contributed by atoms with Crippen molar-refractivity contribution in [3.63, 3.8) is 0 Å². The minimum absolute atomic E-state index is 0.139. The van der Waals surface area contributed by atoms with E-state index in [1.807, 2.05) is 6.92 Å². The van der Waals surface area contributed by atoms with Crippen LogP contribution in [0.3, 0.4) is 0 Å². The lowest BCUT2D eigenvalue weighted by molar-refractivity contribution is 0.288. The molecule has 0 aliphatic heterocycles. The lowest BCUT2D eigenvalue weighted by Gasteiger charge is -2.20. The van der Waals surface area contributed by atoms with Crippen LogP contribution in [-0.4, -0.2) is 16.6 Å². The molecule has 0 unspecified atom stereocenters. The van der Waals surface area contributed by atoms with Crippen LogP contribution >= 0.6 is 0 Å². The highest BCUT2D eigenvalue weighted by molar-refractivity contribution is 5.48. The molecule has 5 nitrogen and oxygen atoms in total. The number of anilines is 1. The molecule has 0 bridgehead atoms. The molecule has 1 aromatic heterocycles. The van der Waals surface area contributed by atoms with Gasteiger partial charge in [-0.05, 0) is 13.3 Å². The van der Waals surface area contributed by atoms with Gasteiger partial charge in [-0.1, -0.05) is 47.0 Å². The van der Waals surface area contributed by atoms with Crippen molar-refractivity contribution in [1.82, 2.24) is 9.97 Å². The molecular weight excluding hydrogens is 252 g/mol. The third-order valence-electron chi connectivity index (χ3n) is 3.15. The summed E-state index contributed by atoms with van der Waals surface area (Å²) in [6, 6.07) is 0. The molecule has 1 rings (SSSR count). The van der Waals surface area contributed by atoms with Gasteiger partial charge in [-0.25, -0.2) is 10.8 Å². The first kappa shape index (κ1) is 16.7. The molecule has 0 saturated carbocycles. The molecule has 20 heavy (non-hydrogen) atoms. The van der Waals surface area contributed by atoms with Crippen molar-refractivity contribution in [3.8, 4) is 5.88 Å². The number of rotatable bonds is 7. The second-order valence-corrected chi connectivity index (χ2v) is 6.13. The number of aromatic nitrogens is 2. The summed E-state index contributed by atoms with van der Waals surface area (Å²) < 4.78 is 5.82. The van der Waals surface area contributed by atoms with E-state index in [0.29, 0.717) is 18.3 Å². The molecule has 5 heteroatoms. The van der Waals surface area contributed by atoms with Crippen molar-refractivity contribution >= 4 is 5.82 Å². The third-order valence-corrected chi connectivity index (χ3v) is 3.15. The first-order valence-corrected chi connectivity index (χ1v) is 7.38. The lowest BCUT2D eigenvalue weighted by Crippen LogP contribution is -2.20. The third kappa shape index (κ3) is 4.63. The minimum Gasteiger partial charge on any atom is -0.477 e. The molecule has 0 fully saturated rings. The lowest BCUT2D eigenvalue weighted by atomic mass is 9.95. The standard InChI is InChI=1S/C15H28N4O/c1-6-7-8-9-10-20-13-11(2)12(19-16)17-14(18-13)15(3,4)5/h6-10,16H2,1-5H3,(H,17,18,19). The maximum absolute atomic E-state index is 5.82. The van der Waals surface area contributed by atoms with E-state index in [2.05, 4.69) is 43.1 Å². The Morgan fingerprint density at radius 3 is 2.40 bits per heavy atom. The van der Waals surface area contributed by atoms with Crippen LogP contribution < -0.4 is 16.0 Å². The Morgan fingerprint density at radius 2 is 1.85 bits per heavy atom. The quantitative estimate of drug-likeness (QED) is 0.455. The molecule has 3 N–H and O–H groups in total. The zero-order valence-electron chi connectivity index (χ0n) is 13.4. The van der Waals surface area contributed by atoms with Crippen LogP contribution in [0.4, 0.5) is 5.82 Å². The molecule has 0 atom stereocenters. The molecule has 0 spiro atoms. The number of hydrazine groups is 1. The molecule has 114 valence electrons. The summed E-state index contributed by atoms with van der Waals surface area (Å²) in [6.07, 6.45) is 4.71. The van der Waals surface area contributed by atoms with Crippen molar-refractivity contribution in [2.24, 2.45) is 5.84 Å². The van der Waals surface area contributed by atoms with E-state index in [4.69, 9.17) is 10.6 Å². The van der Waals surface area contributed by atoms with Gasteiger partial charge >= 0.3 is 0 Å². The fraction of sp³-hybridized carbons (Fsp3) is 0.733. The van der Waals surface area contributed by atoms with E-state index >= 15 is 0 Å². The molecule has 1 heterocycles. The zero-order valence-corrected chi connectivity index (χ0v) is 13.4. The SMILES string of the molecule is CCCCCCOc1nc(C(C)(C)C)nc(NN)c1C. The van der Waals surface area contributed by atoms with Crippen LogP contribution in [-0.2, 0) is 5.41 Å². The Hall–Kier alpha value is -1.36. The summed E-state index contributed by atoms with van der Waals surface area (Å²) in [5.41, 5.74) is 3.35. The predicted octanol–water partition coefficient (Wildman–Crippen LogP) is 3.33. The Balaban J connectivity index is 2.83. The number of nitrogens with one attached hydrogen (secondary N) is 1. The largest absolute Gasteiger partial charge is 0.477 e. The molecule has 0 aliphatic carbocycles. The summed E-state index contributed by atoms with van der Waals surface area (Å²) in [7, 11) is 0. The van der Waals surface area contributed by atoms with E-state index < -0.39 is 0 Å². The topological polar surface area (TPSA) is 73.1 Å². The highest BCUT2D eigenvalue weighted by Gasteiger charge is 2.21. The van der Waals surface area contributed by atoms with Crippen LogP contribution in [0.15, 0.2) is 0 Å². The van der Waals surface area contributed by atoms with Gasteiger partial charge in [-0.15, -0.1) is 0 Å². The normalized spacial score (nSPS) is 11.5. The van der Waals surface area contributed by atoms with Gasteiger partial charge in [0.25, 0.3) is 0 Å². The number of hydrogen-bond donors (Lipinski definition) is 2. The van der Waals surface area contributed by atoms with Crippen molar-refractivity contribution in [3.05, 3.63) is 11.4 Å². The number of ether oxygens (including phenoxy) is 1. The monoisotopic (exact) mass is 280 g/mol. The Labute approximate surface area is 122 Å². The van der Waals surface area contributed by atoms with Gasteiger partial charge in [-0.2, -0.15) is 4.98 Å². The summed E-state index contributed by atoms with van der Waals surface area (Å²) in [5.74, 6) is 7.53. The molecular formula is C15H28N4O.